The third-order valence-corrected chi connectivity index (χ3v) is 9.95. The molecule has 260 valence electrons. The van der Waals surface area contributed by atoms with Crippen LogP contribution in [0.25, 0.3) is 10.8 Å². The number of carbonyl (C=O) groups excluding carboxylic acids is 5. The van der Waals surface area contributed by atoms with E-state index in [1.54, 1.807) is 19.1 Å². The fourth-order valence-corrected chi connectivity index (χ4v) is 7.68. The van der Waals surface area contributed by atoms with Gasteiger partial charge >= 0.3 is 12.0 Å². The number of hydrogen-bond acceptors (Lipinski definition) is 11. The van der Waals surface area contributed by atoms with E-state index in [-0.39, 0.29) is 23.2 Å². The lowest BCUT2D eigenvalue weighted by molar-refractivity contribution is -0.180. The van der Waals surface area contributed by atoms with Crippen molar-refractivity contribution in [2.75, 3.05) is 24.7 Å². The number of Topliss-reactive ketones (excluding diaryl/α,β-unsaturated/α-hetero) is 2. The molecule has 0 radical (unpaired) electrons. The third-order valence-electron chi connectivity index (χ3n) is 9.95. The van der Waals surface area contributed by atoms with E-state index in [0.29, 0.717) is 5.69 Å². The van der Waals surface area contributed by atoms with Crippen LogP contribution < -0.4 is 16.4 Å². The van der Waals surface area contributed by atoms with Gasteiger partial charge in [0, 0.05) is 23.3 Å². The molecule has 0 saturated heterocycles. The predicted octanol–water partition coefficient (Wildman–Crippen LogP) is 3.41. The highest BCUT2D eigenvalue weighted by atomic mass is 16.5. The number of nitrogens with two attached hydrogens (primary N) is 1. The van der Waals surface area contributed by atoms with E-state index in [1.165, 1.54) is 38.1 Å². The number of primary amides is 1. The van der Waals surface area contributed by atoms with Crippen LogP contribution in [0.4, 0.5) is 16.2 Å². The number of phenols is 1. The lowest BCUT2D eigenvalue weighted by Crippen LogP contribution is -2.69. The number of amides is 3. The summed E-state index contributed by atoms with van der Waals surface area (Å²) in [7, 11) is 2.94. The van der Waals surface area contributed by atoms with Crippen molar-refractivity contribution in [1.82, 2.24) is 4.90 Å². The molecule has 14 nitrogen and oxygen atoms in total. The van der Waals surface area contributed by atoms with Crippen molar-refractivity contribution in [3.05, 3.63) is 88.4 Å². The average molecular weight is 685 g/mol. The van der Waals surface area contributed by atoms with Crippen LogP contribution in [0.1, 0.15) is 42.1 Å². The zero-order chi connectivity index (χ0) is 36.4. The van der Waals surface area contributed by atoms with Gasteiger partial charge in [0.1, 0.15) is 23.2 Å². The van der Waals surface area contributed by atoms with Gasteiger partial charge < -0.3 is 41.5 Å². The number of carbonyl (C=O) groups is 5. The molecule has 0 unspecified atom stereocenters. The number of aliphatic hydroxyl groups is 3. The van der Waals surface area contributed by atoms with Crippen molar-refractivity contribution in [3.63, 3.8) is 0 Å². The Morgan fingerprint density at radius 2 is 1.62 bits per heavy atom. The average Bonchev–Trinajstić information content (AvgIpc) is 3.06. The number of nitrogens with zero attached hydrogens (tertiary/aromatic N) is 1. The Kier molecular flexibility index (Phi) is 8.40. The number of fused-ring (bicyclic) bond motifs is 4. The van der Waals surface area contributed by atoms with Crippen LogP contribution in [0, 0.1) is 11.8 Å². The molecule has 14 heteroatoms. The van der Waals surface area contributed by atoms with Gasteiger partial charge in [-0.05, 0) is 43.1 Å². The number of urea groups is 1. The largest absolute Gasteiger partial charge is 0.510 e. The van der Waals surface area contributed by atoms with Gasteiger partial charge in [-0.25, -0.2) is 4.79 Å². The van der Waals surface area contributed by atoms with Gasteiger partial charge in [0.2, 0.25) is 5.78 Å². The number of ether oxygens (including phenoxy) is 1. The van der Waals surface area contributed by atoms with E-state index < -0.39 is 93.4 Å². The highest BCUT2D eigenvalue weighted by Crippen LogP contribution is 2.57. The Hall–Kier alpha value is -5.73. The van der Waals surface area contributed by atoms with E-state index >= 15 is 0 Å². The normalized spacial score (nSPS) is 25.9. The second-order valence-corrected chi connectivity index (χ2v) is 12.9. The molecule has 6 rings (SSSR count). The zero-order valence-corrected chi connectivity index (χ0v) is 27.6. The molecule has 3 amide bonds. The molecule has 0 spiro atoms. The van der Waals surface area contributed by atoms with E-state index in [1.807, 2.05) is 30.3 Å². The van der Waals surface area contributed by atoms with Gasteiger partial charge in [-0.1, -0.05) is 56.3 Å². The van der Waals surface area contributed by atoms with Crippen molar-refractivity contribution in [3.8, 4) is 5.75 Å². The first kappa shape index (κ1) is 34.1. The first-order valence-corrected chi connectivity index (χ1v) is 15.9. The predicted molar refractivity (Wildman–Crippen MR) is 181 cm³/mol. The molecule has 3 aromatic carbocycles. The molecule has 3 aromatic rings. The van der Waals surface area contributed by atoms with Crippen LogP contribution >= 0.6 is 0 Å². The van der Waals surface area contributed by atoms with Crippen LogP contribution in [0.3, 0.4) is 0 Å². The van der Waals surface area contributed by atoms with Crippen LogP contribution in [0.2, 0.25) is 0 Å². The van der Waals surface area contributed by atoms with Crippen LogP contribution in [0.15, 0.2) is 77.3 Å². The molecule has 50 heavy (non-hydrogen) atoms. The van der Waals surface area contributed by atoms with E-state index in [0.717, 1.165) is 10.8 Å². The van der Waals surface area contributed by atoms with Gasteiger partial charge in [-0.2, -0.15) is 0 Å². The summed E-state index contributed by atoms with van der Waals surface area (Å²) in [4.78, 5) is 68.0. The lowest BCUT2D eigenvalue weighted by Gasteiger charge is -2.54. The molecule has 3 aliphatic carbocycles. The van der Waals surface area contributed by atoms with E-state index in [9.17, 15) is 44.4 Å². The SMILES string of the molecule is CCC(=O)O[C@H]1[C@H]2C(=C(O)[C@]3(O)C(=O)C(C(N)=O)=C(O)[C@@H](N(C)C)[C@H]13)C(=O)c1c(ccc(NC(=O)Nc3cccc4ccccc34)c1O)[C@@H]2C. The molecule has 0 bridgehead atoms. The fraction of sp³-hybridized carbons (Fsp3) is 0.306. The van der Waals surface area contributed by atoms with Crippen molar-refractivity contribution >= 4 is 51.6 Å². The number of rotatable bonds is 6. The molecule has 0 aliphatic heterocycles. The van der Waals surface area contributed by atoms with Gasteiger partial charge in [0.15, 0.2) is 17.1 Å². The quantitative estimate of drug-likeness (QED) is 0.113. The number of anilines is 2. The summed E-state index contributed by atoms with van der Waals surface area (Å²) in [6, 6.07) is 13.5. The summed E-state index contributed by atoms with van der Waals surface area (Å²) >= 11 is 0. The molecular formula is C36H36N4O10. The minimum atomic E-state index is -3.06. The molecule has 8 N–H and O–H groups in total. The number of esters is 1. The summed E-state index contributed by atoms with van der Waals surface area (Å²) < 4.78 is 5.84. The van der Waals surface area contributed by atoms with Gasteiger partial charge in [0.25, 0.3) is 5.91 Å². The van der Waals surface area contributed by atoms with Crippen LogP contribution in [-0.4, -0.2) is 86.6 Å². The number of aromatic hydroxyl groups is 1. The van der Waals surface area contributed by atoms with E-state index in [2.05, 4.69) is 10.6 Å². The van der Waals surface area contributed by atoms with Crippen molar-refractivity contribution in [2.45, 2.75) is 43.9 Å². The number of likely N-dealkylation sites (N-methyl/N-ethyl adjacent to an activating group) is 1. The van der Waals surface area contributed by atoms with Crippen LogP contribution in [0.5, 0.6) is 5.75 Å². The molecule has 0 heterocycles. The molecule has 6 atom stereocenters. The Labute approximate surface area is 285 Å². The minimum Gasteiger partial charge on any atom is -0.510 e. The first-order valence-electron chi connectivity index (χ1n) is 15.9. The van der Waals surface area contributed by atoms with Gasteiger partial charge in [-0.15, -0.1) is 0 Å². The summed E-state index contributed by atoms with van der Waals surface area (Å²) in [6.45, 7) is 3.15. The number of aliphatic hydroxyl groups excluding tert-OH is 2. The van der Waals surface area contributed by atoms with Crippen molar-refractivity contribution in [1.29, 1.82) is 0 Å². The number of hydrogen-bond donors (Lipinski definition) is 7. The highest BCUT2D eigenvalue weighted by Gasteiger charge is 2.68. The molecule has 0 aromatic heterocycles. The molecule has 0 saturated carbocycles. The fourth-order valence-electron chi connectivity index (χ4n) is 7.68. The Balaban J connectivity index is 1.47. The topological polar surface area (TPSA) is 229 Å². The number of ketones is 2. The van der Waals surface area contributed by atoms with Crippen LogP contribution in [-0.2, 0) is 19.1 Å². The summed E-state index contributed by atoms with van der Waals surface area (Å²) in [5, 5.41) is 53.5. The second-order valence-electron chi connectivity index (χ2n) is 12.9. The second kappa shape index (κ2) is 12.3. The van der Waals surface area contributed by atoms with Crippen molar-refractivity contribution < 1.29 is 49.1 Å². The molecule has 3 aliphatic rings. The maximum Gasteiger partial charge on any atom is 0.323 e. The maximum atomic E-state index is 14.4. The highest BCUT2D eigenvalue weighted by molar-refractivity contribution is 6.25. The van der Waals surface area contributed by atoms with Gasteiger partial charge in [0.05, 0.1) is 28.9 Å². The molecular weight excluding hydrogens is 648 g/mol. The summed E-state index contributed by atoms with van der Waals surface area (Å²) in [5.74, 6) is -10.9. The summed E-state index contributed by atoms with van der Waals surface area (Å²) in [6.07, 6.45) is -1.64. The number of phenolic OH excluding ortho intramolecular Hbond substituents is 1. The standard InChI is InChI=1S/C36H36N4O10/c1-5-21(41)50-31-22-15(2)17-13-14-20(39-35(48)38-19-12-8-10-16-9-6-7-11-18(16)19)28(42)23(17)29(43)24(22)32(45)36(49)26(31)27(40(3)4)30(44)25(33(36)46)34(37)47/h6-15,22,26-27,31,42,44-45,49H,5H2,1-4H3,(H2,37,47)(H2,38,39,48)/t15-,22+,26+,27-,31-,36-/m0/s1. The zero-order valence-electron chi connectivity index (χ0n) is 27.6. The van der Waals surface area contributed by atoms with Crippen molar-refractivity contribution in [2.24, 2.45) is 17.6 Å². The first-order chi connectivity index (χ1) is 23.6. The monoisotopic (exact) mass is 684 g/mol. The minimum absolute atomic E-state index is 0.135. The number of benzene rings is 3. The summed E-state index contributed by atoms with van der Waals surface area (Å²) in [5.41, 5.74) is 1.11. The maximum absolute atomic E-state index is 14.4. The van der Waals surface area contributed by atoms with Gasteiger partial charge in [-0.3, -0.25) is 24.1 Å². The Morgan fingerprint density at radius 1 is 0.960 bits per heavy atom. The smallest absolute Gasteiger partial charge is 0.323 e. The molecule has 0 fully saturated rings. The Morgan fingerprint density at radius 3 is 2.28 bits per heavy atom. The Bertz CT molecular complexity index is 2070. The number of nitrogens with one attached hydrogen (secondary N) is 2. The third kappa shape index (κ3) is 4.98. The lowest BCUT2D eigenvalue weighted by atomic mass is 9.55. The van der Waals surface area contributed by atoms with E-state index in [4.69, 9.17) is 10.5 Å².